The molecule has 8 heteroatoms. The third-order valence-corrected chi connectivity index (χ3v) is 0.878. The van der Waals surface area contributed by atoms with Crippen LogP contribution < -0.4 is 10.9 Å². The Balaban J connectivity index is 3.84. The first-order valence-electron chi connectivity index (χ1n) is 3.57. The van der Waals surface area contributed by atoms with Crippen LogP contribution in [0.15, 0.2) is 0 Å². The van der Waals surface area contributed by atoms with Gasteiger partial charge in [0.05, 0.1) is 6.10 Å². The Bertz CT molecular complexity index is 227. The van der Waals surface area contributed by atoms with Crippen molar-refractivity contribution in [3.63, 3.8) is 0 Å². The van der Waals surface area contributed by atoms with Gasteiger partial charge in [0.15, 0.2) is 0 Å². The maximum Gasteiger partial charge on any atom is 0.472 e. The van der Waals surface area contributed by atoms with E-state index >= 15 is 0 Å². The third kappa shape index (κ3) is 5.22. The van der Waals surface area contributed by atoms with Gasteiger partial charge in [-0.15, -0.1) is 0 Å². The summed E-state index contributed by atoms with van der Waals surface area (Å²) in [4.78, 5) is 20.7. The molecule has 0 aromatic carbocycles. The zero-order chi connectivity index (χ0) is 11.4. The Morgan fingerprint density at radius 3 is 2.07 bits per heavy atom. The van der Waals surface area contributed by atoms with Crippen LogP contribution in [0.25, 0.3) is 0 Å². The first-order chi connectivity index (χ1) is 6.23. The molecule has 0 fully saturated rings. The summed E-state index contributed by atoms with van der Waals surface area (Å²) in [6.45, 7) is 3.01. The molecule has 0 aliphatic carbocycles. The number of halogens is 3. The van der Waals surface area contributed by atoms with E-state index in [0.29, 0.717) is 0 Å². The van der Waals surface area contributed by atoms with Crippen LogP contribution in [0.3, 0.4) is 0 Å². The molecule has 0 atom stereocenters. The van der Waals surface area contributed by atoms with Crippen molar-refractivity contribution >= 4 is 12.0 Å². The predicted molar refractivity (Wildman–Crippen MR) is 39.0 cm³/mol. The monoisotopic (exact) mass is 214 g/mol. The van der Waals surface area contributed by atoms with E-state index in [1.54, 1.807) is 0 Å². The second-order valence-electron chi connectivity index (χ2n) is 2.53. The number of carbonyl (C=O) groups is 2. The number of ether oxygens (including phenoxy) is 1. The molecular formula is C6H9F3N2O3. The Kier molecular flexibility index (Phi) is 4.19. The Hall–Kier alpha value is -1.47. The van der Waals surface area contributed by atoms with Gasteiger partial charge in [-0.1, -0.05) is 0 Å². The summed E-state index contributed by atoms with van der Waals surface area (Å²) < 4.78 is 39.1. The topological polar surface area (TPSA) is 67.4 Å². The summed E-state index contributed by atoms with van der Waals surface area (Å²) in [5, 5.41) is 0. The van der Waals surface area contributed by atoms with Crippen LogP contribution in [0.5, 0.6) is 0 Å². The Morgan fingerprint density at radius 1 is 1.21 bits per heavy atom. The first kappa shape index (κ1) is 12.5. The normalized spacial score (nSPS) is 11.0. The first-order valence-corrected chi connectivity index (χ1v) is 3.57. The maximum atomic E-state index is 11.6. The van der Waals surface area contributed by atoms with Gasteiger partial charge in [-0.05, 0) is 13.8 Å². The average Bonchev–Trinajstić information content (AvgIpc) is 1.96. The van der Waals surface area contributed by atoms with Crippen molar-refractivity contribution < 1.29 is 27.5 Å². The van der Waals surface area contributed by atoms with E-state index in [9.17, 15) is 22.8 Å². The van der Waals surface area contributed by atoms with Gasteiger partial charge in [-0.2, -0.15) is 13.2 Å². The molecule has 14 heavy (non-hydrogen) atoms. The minimum atomic E-state index is -5.04. The van der Waals surface area contributed by atoms with Crippen molar-refractivity contribution in [2.45, 2.75) is 26.1 Å². The SMILES string of the molecule is CC(C)OC(=O)NNC(=O)C(F)(F)F. The molecule has 0 spiro atoms. The zero-order valence-electron chi connectivity index (χ0n) is 7.44. The summed E-state index contributed by atoms with van der Waals surface area (Å²) in [6.07, 6.45) is -6.68. The molecule has 0 aliphatic rings. The molecule has 0 saturated heterocycles. The van der Waals surface area contributed by atoms with Crippen LogP contribution in [-0.4, -0.2) is 24.3 Å². The van der Waals surface area contributed by atoms with Crippen molar-refractivity contribution in [3.8, 4) is 0 Å². The molecule has 0 rings (SSSR count). The lowest BCUT2D eigenvalue weighted by Crippen LogP contribution is -2.48. The largest absolute Gasteiger partial charge is 0.472 e. The summed E-state index contributed by atoms with van der Waals surface area (Å²) in [5.41, 5.74) is 2.58. The fraction of sp³-hybridized carbons (Fsp3) is 0.667. The van der Waals surface area contributed by atoms with Crippen molar-refractivity contribution in [2.24, 2.45) is 0 Å². The lowest BCUT2D eigenvalue weighted by atomic mass is 10.5. The summed E-state index contributed by atoms with van der Waals surface area (Å²) in [7, 11) is 0. The van der Waals surface area contributed by atoms with Gasteiger partial charge in [0.1, 0.15) is 0 Å². The molecular weight excluding hydrogens is 205 g/mol. The fourth-order valence-corrected chi connectivity index (χ4v) is 0.422. The lowest BCUT2D eigenvalue weighted by Gasteiger charge is -2.11. The van der Waals surface area contributed by atoms with Crippen LogP contribution >= 0.6 is 0 Å². The number of amides is 2. The highest BCUT2D eigenvalue weighted by Crippen LogP contribution is 2.13. The van der Waals surface area contributed by atoms with E-state index in [4.69, 9.17) is 0 Å². The highest BCUT2D eigenvalue weighted by Gasteiger charge is 2.39. The molecule has 0 aromatic heterocycles. The van der Waals surface area contributed by atoms with Crippen molar-refractivity contribution in [1.29, 1.82) is 0 Å². The number of alkyl halides is 3. The molecule has 0 saturated carbocycles. The molecule has 0 aromatic rings. The van der Waals surface area contributed by atoms with E-state index in [0.717, 1.165) is 5.43 Å². The minimum Gasteiger partial charge on any atom is -0.446 e. The highest BCUT2D eigenvalue weighted by atomic mass is 19.4. The smallest absolute Gasteiger partial charge is 0.446 e. The van der Waals surface area contributed by atoms with E-state index in [-0.39, 0.29) is 0 Å². The van der Waals surface area contributed by atoms with Gasteiger partial charge in [0.2, 0.25) is 0 Å². The van der Waals surface area contributed by atoms with Crippen LogP contribution in [0, 0.1) is 0 Å². The van der Waals surface area contributed by atoms with E-state index in [2.05, 4.69) is 4.74 Å². The van der Waals surface area contributed by atoms with Gasteiger partial charge >= 0.3 is 18.2 Å². The lowest BCUT2D eigenvalue weighted by molar-refractivity contribution is -0.174. The van der Waals surface area contributed by atoms with E-state index in [1.807, 2.05) is 0 Å². The molecule has 5 nitrogen and oxygen atoms in total. The number of rotatable bonds is 1. The van der Waals surface area contributed by atoms with Crippen LogP contribution in [0.2, 0.25) is 0 Å². The molecule has 2 N–H and O–H groups in total. The van der Waals surface area contributed by atoms with Gasteiger partial charge in [0, 0.05) is 0 Å². The quantitative estimate of drug-likeness (QED) is 0.632. The molecule has 0 unspecified atom stereocenters. The zero-order valence-corrected chi connectivity index (χ0v) is 7.44. The second kappa shape index (κ2) is 4.68. The highest BCUT2D eigenvalue weighted by molar-refractivity contribution is 5.83. The molecule has 82 valence electrons. The van der Waals surface area contributed by atoms with Gasteiger partial charge in [-0.3, -0.25) is 10.2 Å². The standard InChI is InChI=1S/C6H9F3N2O3/c1-3(2)14-5(13)11-10-4(12)6(7,8)9/h3H,1-2H3,(H,10,12)(H,11,13). The molecule has 0 aliphatic heterocycles. The number of hydrogen-bond acceptors (Lipinski definition) is 3. The average molecular weight is 214 g/mol. The number of carbonyl (C=O) groups excluding carboxylic acids is 2. The van der Waals surface area contributed by atoms with Crippen molar-refractivity contribution in [2.75, 3.05) is 0 Å². The fourth-order valence-electron chi connectivity index (χ4n) is 0.422. The molecule has 2 amide bonds. The minimum absolute atomic E-state index is 0.488. The predicted octanol–water partition coefficient (Wildman–Crippen LogP) is 0.714. The summed E-state index contributed by atoms with van der Waals surface area (Å²) >= 11 is 0. The number of nitrogens with one attached hydrogen (secondary N) is 2. The molecule has 0 bridgehead atoms. The van der Waals surface area contributed by atoms with E-state index < -0.39 is 24.3 Å². The second-order valence-corrected chi connectivity index (χ2v) is 2.53. The maximum absolute atomic E-state index is 11.6. The Labute approximate surface area is 77.6 Å². The van der Waals surface area contributed by atoms with Gasteiger partial charge < -0.3 is 4.74 Å². The van der Waals surface area contributed by atoms with Gasteiger partial charge in [0.25, 0.3) is 0 Å². The summed E-state index contributed by atoms with van der Waals surface area (Å²) in [6, 6.07) is 0. The van der Waals surface area contributed by atoms with Crippen molar-refractivity contribution in [1.82, 2.24) is 10.9 Å². The number of hydrazine groups is 1. The van der Waals surface area contributed by atoms with Crippen LogP contribution in [0.4, 0.5) is 18.0 Å². The summed E-state index contributed by atoms with van der Waals surface area (Å²) in [5.74, 6) is -2.27. The van der Waals surface area contributed by atoms with Gasteiger partial charge in [-0.25, -0.2) is 10.2 Å². The third-order valence-electron chi connectivity index (χ3n) is 0.878. The van der Waals surface area contributed by atoms with Crippen LogP contribution in [-0.2, 0) is 9.53 Å². The van der Waals surface area contributed by atoms with E-state index in [1.165, 1.54) is 19.3 Å². The molecule has 0 heterocycles. The van der Waals surface area contributed by atoms with Crippen LogP contribution in [0.1, 0.15) is 13.8 Å². The van der Waals surface area contributed by atoms with Crippen molar-refractivity contribution in [3.05, 3.63) is 0 Å². The number of hydrogen-bond donors (Lipinski definition) is 2. The Morgan fingerprint density at radius 2 is 1.71 bits per heavy atom. The molecule has 0 radical (unpaired) electrons.